The molecule has 1 heterocycles. The maximum Gasteiger partial charge on any atom is 0.315 e. The number of primary amides is 1. The molecule has 6 unspecified atom stereocenters. The molecule has 4 rings (SSSR count). The smallest absolute Gasteiger partial charge is 0.315 e. The predicted octanol–water partition coefficient (Wildman–Crippen LogP) is 2.18. The van der Waals surface area contributed by atoms with E-state index in [-0.39, 0.29) is 30.2 Å². The fraction of sp³-hybridized carbons (Fsp3) is 0.852. The van der Waals surface area contributed by atoms with E-state index in [4.69, 9.17) is 28.9 Å². The molecule has 0 aromatic heterocycles. The van der Waals surface area contributed by atoms with Gasteiger partial charge in [0.05, 0.1) is 6.04 Å². The van der Waals surface area contributed by atoms with Crippen molar-refractivity contribution in [2.45, 2.75) is 113 Å². The van der Waals surface area contributed by atoms with Crippen LogP contribution >= 0.6 is 23.2 Å². The molecule has 220 valence electrons. The lowest BCUT2D eigenvalue weighted by Gasteiger charge is -2.38. The molecular weight excluding hydrogens is 545 g/mol. The van der Waals surface area contributed by atoms with E-state index in [1.165, 1.54) is 4.90 Å². The van der Waals surface area contributed by atoms with E-state index >= 15 is 0 Å². The molecule has 0 aromatic carbocycles. The quantitative estimate of drug-likeness (QED) is 0.262. The summed E-state index contributed by atoms with van der Waals surface area (Å²) < 4.78 is -1.15. The molecule has 3 saturated carbocycles. The summed E-state index contributed by atoms with van der Waals surface area (Å²) in [6, 6.07) is -3.10. The van der Waals surface area contributed by atoms with Crippen LogP contribution in [0.4, 0.5) is 4.79 Å². The van der Waals surface area contributed by atoms with Gasteiger partial charge in [-0.05, 0) is 51.9 Å². The van der Waals surface area contributed by atoms with Crippen LogP contribution in [0.3, 0.4) is 0 Å². The zero-order valence-electron chi connectivity index (χ0n) is 23.1. The van der Waals surface area contributed by atoms with E-state index in [1.54, 1.807) is 0 Å². The number of halogens is 2. The highest BCUT2D eigenvalue weighted by molar-refractivity contribution is 6.51. The summed E-state index contributed by atoms with van der Waals surface area (Å²) in [5, 5.41) is 19.1. The minimum atomic E-state index is -1.55. The average Bonchev–Trinajstić information content (AvgIpc) is 3.15. The van der Waals surface area contributed by atoms with Gasteiger partial charge in [-0.25, -0.2) is 4.79 Å². The number of hydrogen-bond acceptors (Lipinski definition) is 5. The lowest BCUT2D eigenvalue weighted by molar-refractivity contribution is -0.143. The fourth-order valence-corrected chi connectivity index (χ4v) is 7.33. The molecule has 4 aliphatic rings. The van der Waals surface area contributed by atoms with Crippen LogP contribution in [-0.4, -0.2) is 74.4 Å². The molecule has 12 heteroatoms. The first kappa shape index (κ1) is 30.2. The Labute approximate surface area is 240 Å². The third kappa shape index (κ3) is 6.76. The Balaban J connectivity index is 1.55. The van der Waals surface area contributed by atoms with Gasteiger partial charge in [-0.3, -0.25) is 14.4 Å². The number of amides is 5. The van der Waals surface area contributed by atoms with E-state index in [1.807, 2.05) is 20.8 Å². The minimum Gasteiger partial charge on any atom is -0.381 e. The number of likely N-dealkylation sites (tertiary alicyclic amines) is 1. The van der Waals surface area contributed by atoms with E-state index in [0.29, 0.717) is 6.42 Å². The number of carbonyl (C=O) groups excluding carboxylic acids is 4. The number of nitrogens with zero attached hydrogens (tertiary/aromatic N) is 1. The zero-order chi connectivity index (χ0) is 28.7. The van der Waals surface area contributed by atoms with Gasteiger partial charge in [0.15, 0.2) is 6.10 Å². The second-order valence-electron chi connectivity index (χ2n) is 13.0. The van der Waals surface area contributed by atoms with Crippen molar-refractivity contribution in [2.75, 3.05) is 6.54 Å². The molecule has 1 aliphatic heterocycles. The standard InChI is InChI=1S/C27H43Cl2N5O5/c1-26(2,3)33-25(39)32-19(15-10-5-4-6-11-15)24(38)34-13-16-18(27(16,28)29)20(34)23(37)31-17(21(35)22(30)36)12-14-8-7-9-14/h14-21,35H,4-13H2,1-3H3,(H2,30,36)(H,31,37)(H2,32,33,39). The van der Waals surface area contributed by atoms with Crippen molar-refractivity contribution in [3.8, 4) is 0 Å². The first-order valence-electron chi connectivity index (χ1n) is 14.3. The van der Waals surface area contributed by atoms with Crippen molar-refractivity contribution in [2.24, 2.45) is 29.4 Å². The van der Waals surface area contributed by atoms with Crippen molar-refractivity contribution >= 4 is 47.0 Å². The molecular formula is C27H43Cl2N5O5. The molecule has 6 N–H and O–H groups in total. The Morgan fingerprint density at radius 1 is 1.03 bits per heavy atom. The predicted molar refractivity (Wildman–Crippen MR) is 148 cm³/mol. The summed E-state index contributed by atoms with van der Waals surface area (Å²) >= 11 is 13.0. The first-order chi connectivity index (χ1) is 18.2. The number of rotatable bonds is 9. The Morgan fingerprint density at radius 3 is 2.21 bits per heavy atom. The summed E-state index contributed by atoms with van der Waals surface area (Å²) in [6.45, 7) is 5.77. The second kappa shape index (κ2) is 11.6. The number of nitrogens with two attached hydrogens (primary N) is 1. The Bertz CT molecular complexity index is 963. The number of alkyl halides is 2. The molecule has 3 aliphatic carbocycles. The topological polar surface area (TPSA) is 154 Å². The Hall–Kier alpha value is -1.78. The van der Waals surface area contributed by atoms with Crippen LogP contribution in [0.1, 0.15) is 78.6 Å². The lowest BCUT2D eigenvalue weighted by Crippen LogP contribution is -2.61. The number of aliphatic hydroxyl groups is 1. The van der Waals surface area contributed by atoms with Gasteiger partial charge in [-0.2, -0.15) is 0 Å². The number of nitrogens with one attached hydrogen (secondary N) is 3. The molecule has 0 spiro atoms. The monoisotopic (exact) mass is 587 g/mol. The van der Waals surface area contributed by atoms with Gasteiger partial charge >= 0.3 is 6.03 Å². The maximum atomic E-state index is 14.1. The summed E-state index contributed by atoms with van der Waals surface area (Å²) in [5.41, 5.74) is 4.88. The van der Waals surface area contributed by atoms with Crippen molar-refractivity contribution < 1.29 is 24.3 Å². The molecule has 10 nitrogen and oxygen atoms in total. The van der Waals surface area contributed by atoms with Gasteiger partial charge in [0.25, 0.3) is 0 Å². The highest BCUT2D eigenvalue weighted by Gasteiger charge is 2.74. The summed E-state index contributed by atoms with van der Waals surface area (Å²) in [7, 11) is 0. The number of piperidine rings is 1. The van der Waals surface area contributed by atoms with E-state index < -0.39 is 57.9 Å². The Morgan fingerprint density at radius 2 is 1.67 bits per heavy atom. The molecule has 0 bridgehead atoms. The van der Waals surface area contributed by atoms with E-state index in [0.717, 1.165) is 51.4 Å². The van der Waals surface area contributed by atoms with E-state index in [2.05, 4.69) is 16.0 Å². The summed E-state index contributed by atoms with van der Waals surface area (Å²) in [5.74, 6) is -2.34. The minimum absolute atomic E-state index is 0.0579. The van der Waals surface area contributed by atoms with Crippen LogP contribution in [0.15, 0.2) is 0 Å². The highest BCUT2D eigenvalue weighted by Crippen LogP contribution is 2.65. The van der Waals surface area contributed by atoms with Crippen molar-refractivity contribution in [1.29, 1.82) is 0 Å². The molecule has 6 atom stereocenters. The average molecular weight is 589 g/mol. The molecule has 1 saturated heterocycles. The number of hydrogen-bond donors (Lipinski definition) is 5. The summed E-state index contributed by atoms with van der Waals surface area (Å²) in [6.07, 6.45) is 6.44. The van der Waals surface area contributed by atoms with Gasteiger partial charge in [0, 0.05) is 23.9 Å². The molecule has 5 amide bonds. The van der Waals surface area contributed by atoms with Gasteiger partial charge in [-0.15, -0.1) is 23.2 Å². The van der Waals surface area contributed by atoms with Crippen molar-refractivity contribution in [1.82, 2.24) is 20.9 Å². The number of aliphatic hydroxyl groups excluding tert-OH is 1. The van der Waals surface area contributed by atoms with Gasteiger partial charge in [0.2, 0.25) is 17.7 Å². The van der Waals surface area contributed by atoms with E-state index in [9.17, 15) is 24.3 Å². The van der Waals surface area contributed by atoms with Crippen LogP contribution in [0, 0.1) is 23.7 Å². The molecule has 4 fully saturated rings. The molecule has 0 radical (unpaired) electrons. The molecule has 39 heavy (non-hydrogen) atoms. The SMILES string of the molecule is CC(C)(C)NC(=O)NC(C(=O)N1CC2C(C1C(=O)NC(CC1CCC1)C(O)C(N)=O)C2(Cl)Cl)C1CCCCC1. The number of urea groups is 1. The lowest BCUT2D eigenvalue weighted by atomic mass is 9.79. The van der Waals surface area contributed by atoms with Crippen LogP contribution in [0.5, 0.6) is 0 Å². The van der Waals surface area contributed by atoms with Crippen LogP contribution < -0.4 is 21.7 Å². The van der Waals surface area contributed by atoms with Crippen LogP contribution in [-0.2, 0) is 14.4 Å². The maximum absolute atomic E-state index is 14.1. The number of fused-ring (bicyclic) bond motifs is 1. The van der Waals surface area contributed by atoms with Gasteiger partial charge in [0.1, 0.15) is 16.4 Å². The normalized spacial score (nSPS) is 28.9. The van der Waals surface area contributed by atoms with Crippen LogP contribution in [0.2, 0.25) is 0 Å². The summed E-state index contributed by atoms with van der Waals surface area (Å²) in [4.78, 5) is 54.0. The second-order valence-corrected chi connectivity index (χ2v) is 14.4. The van der Waals surface area contributed by atoms with Crippen LogP contribution in [0.25, 0.3) is 0 Å². The Kier molecular flexibility index (Phi) is 8.98. The van der Waals surface area contributed by atoms with Gasteiger partial charge in [-0.1, -0.05) is 38.5 Å². The number of carbonyl (C=O) groups is 4. The largest absolute Gasteiger partial charge is 0.381 e. The third-order valence-electron chi connectivity index (χ3n) is 8.86. The molecule has 0 aromatic rings. The fourth-order valence-electron chi connectivity index (χ4n) is 6.50. The van der Waals surface area contributed by atoms with Gasteiger partial charge < -0.3 is 31.7 Å². The first-order valence-corrected chi connectivity index (χ1v) is 15.0. The highest BCUT2D eigenvalue weighted by atomic mass is 35.5. The third-order valence-corrected chi connectivity index (χ3v) is 9.92. The van der Waals surface area contributed by atoms with Crippen molar-refractivity contribution in [3.63, 3.8) is 0 Å². The zero-order valence-corrected chi connectivity index (χ0v) is 24.6. The van der Waals surface area contributed by atoms with Crippen molar-refractivity contribution in [3.05, 3.63) is 0 Å².